The van der Waals surface area contributed by atoms with Gasteiger partial charge >= 0.3 is 22.5 Å². The molecule has 0 aromatic carbocycles. The molecule has 3 heterocycles. The summed E-state index contributed by atoms with van der Waals surface area (Å²) in [6.07, 6.45) is 3.66. The lowest BCUT2D eigenvalue weighted by Crippen LogP contribution is -2.53. The second-order valence-electron chi connectivity index (χ2n) is 8.41. The maximum absolute atomic E-state index is 12.7. The first kappa shape index (κ1) is 22.3. The van der Waals surface area contributed by atoms with Crippen molar-refractivity contribution < 1.29 is 36.4 Å². The van der Waals surface area contributed by atoms with Crippen molar-refractivity contribution in [3.8, 4) is 0 Å². The monoisotopic (exact) mass is 446 g/mol. The molecule has 0 saturated carbocycles. The Balaban J connectivity index is 1.53. The van der Waals surface area contributed by atoms with E-state index in [0.29, 0.717) is 31.0 Å². The van der Waals surface area contributed by atoms with E-state index in [2.05, 4.69) is 9.60 Å². The van der Waals surface area contributed by atoms with Gasteiger partial charge in [0, 0.05) is 19.1 Å². The molecule has 2 saturated heterocycles. The molecule has 2 atom stereocenters. The second-order valence-corrected chi connectivity index (χ2v) is 9.41. The average molecular weight is 446 g/mol. The van der Waals surface area contributed by atoms with E-state index in [1.807, 2.05) is 0 Å². The molecule has 0 aromatic rings. The maximum Gasteiger partial charge on any atom is 0.418 e. The number of carbonyl (C=O) groups is 3. The average Bonchev–Trinajstić information content (AvgIpc) is 2.84. The third-order valence-electron chi connectivity index (χ3n) is 4.91. The highest BCUT2D eigenvalue weighted by molar-refractivity contribution is 7.80. The number of amides is 4. The second kappa shape index (κ2) is 8.04. The fraction of sp³-hybridized carbons (Fsp3) is 0.706. The number of rotatable bonds is 4. The SMILES string of the molecule is CC(C)(C)OC(=O)N1CCC(NC(=O)[C@@H]2C=C[C@H]3CN2C(=O)N3OS(=O)(=O)O)CC1. The van der Waals surface area contributed by atoms with Crippen LogP contribution in [-0.4, -0.2) is 89.2 Å². The number of hydrogen-bond acceptors (Lipinski definition) is 7. The summed E-state index contributed by atoms with van der Waals surface area (Å²) >= 11 is 0. The maximum atomic E-state index is 12.7. The van der Waals surface area contributed by atoms with E-state index in [4.69, 9.17) is 9.29 Å². The highest BCUT2D eigenvalue weighted by atomic mass is 32.3. The van der Waals surface area contributed by atoms with Crippen molar-refractivity contribution in [2.75, 3.05) is 19.6 Å². The van der Waals surface area contributed by atoms with Crippen LogP contribution in [0.3, 0.4) is 0 Å². The summed E-state index contributed by atoms with van der Waals surface area (Å²) in [5.74, 6) is -0.414. The molecular weight excluding hydrogens is 420 g/mol. The zero-order valence-corrected chi connectivity index (χ0v) is 17.8. The van der Waals surface area contributed by atoms with E-state index < -0.39 is 46.1 Å². The first-order chi connectivity index (χ1) is 13.8. The third-order valence-corrected chi connectivity index (χ3v) is 5.26. The minimum atomic E-state index is -4.86. The van der Waals surface area contributed by atoms with Gasteiger partial charge in [0.2, 0.25) is 5.91 Å². The Morgan fingerprint density at radius 3 is 2.40 bits per heavy atom. The third kappa shape index (κ3) is 5.21. The summed E-state index contributed by atoms with van der Waals surface area (Å²) in [5.41, 5.74) is -0.581. The molecule has 3 aliphatic heterocycles. The molecule has 0 aliphatic carbocycles. The van der Waals surface area contributed by atoms with Crippen LogP contribution in [0.1, 0.15) is 33.6 Å². The zero-order chi connectivity index (χ0) is 22.3. The van der Waals surface area contributed by atoms with Crippen molar-refractivity contribution in [2.45, 2.75) is 57.3 Å². The van der Waals surface area contributed by atoms with Gasteiger partial charge in [-0.05, 0) is 33.6 Å². The molecule has 13 heteroatoms. The molecule has 4 amide bonds. The molecular formula is C17H26N4O8S. The molecule has 0 spiro atoms. The van der Waals surface area contributed by atoms with Gasteiger partial charge in [-0.2, -0.15) is 13.5 Å². The van der Waals surface area contributed by atoms with Crippen LogP contribution in [0.4, 0.5) is 9.59 Å². The van der Waals surface area contributed by atoms with E-state index in [1.165, 1.54) is 17.1 Å². The Bertz CT molecular complexity index is 844. The van der Waals surface area contributed by atoms with Crippen molar-refractivity contribution in [1.29, 1.82) is 0 Å². The predicted octanol–water partition coefficient (Wildman–Crippen LogP) is 0.281. The summed E-state index contributed by atoms with van der Waals surface area (Å²) < 4.78 is 40.3. The summed E-state index contributed by atoms with van der Waals surface area (Å²) in [4.78, 5) is 40.0. The van der Waals surface area contributed by atoms with E-state index >= 15 is 0 Å². The number of piperidine rings is 1. The van der Waals surface area contributed by atoms with Crippen LogP contribution < -0.4 is 5.32 Å². The Labute approximate surface area is 174 Å². The molecule has 2 bridgehead atoms. The normalized spacial score (nSPS) is 24.9. The van der Waals surface area contributed by atoms with E-state index in [-0.39, 0.29) is 12.6 Å². The molecule has 0 radical (unpaired) electrons. The Morgan fingerprint density at radius 1 is 1.20 bits per heavy atom. The van der Waals surface area contributed by atoms with Crippen molar-refractivity contribution in [3.05, 3.63) is 12.2 Å². The van der Waals surface area contributed by atoms with Crippen LogP contribution >= 0.6 is 0 Å². The van der Waals surface area contributed by atoms with Crippen molar-refractivity contribution in [1.82, 2.24) is 20.2 Å². The summed E-state index contributed by atoms with van der Waals surface area (Å²) in [6, 6.07) is -2.65. The van der Waals surface area contributed by atoms with E-state index in [9.17, 15) is 22.8 Å². The van der Waals surface area contributed by atoms with Gasteiger partial charge in [0.25, 0.3) is 0 Å². The smallest absolute Gasteiger partial charge is 0.418 e. The van der Waals surface area contributed by atoms with Crippen LogP contribution in [-0.2, 0) is 24.2 Å². The van der Waals surface area contributed by atoms with Crippen LogP contribution in [0.25, 0.3) is 0 Å². The number of urea groups is 1. The topological polar surface area (TPSA) is 146 Å². The Kier molecular flexibility index (Phi) is 5.98. The molecule has 2 N–H and O–H groups in total. The van der Waals surface area contributed by atoms with Gasteiger partial charge in [-0.15, -0.1) is 4.28 Å². The number of hydrogen-bond donors (Lipinski definition) is 2. The molecule has 12 nitrogen and oxygen atoms in total. The molecule has 3 rings (SSSR count). The highest BCUT2D eigenvalue weighted by Gasteiger charge is 2.47. The Hall–Kier alpha value is -2.38. The minimum absolute atomic E-state index is 0.0556. The quantitative estimate of drug-likeness (QED) is 0.463. The van der Waals surface area contributed by atoms with Crippen molar-refractivity contribution in [2.24, 2.45) is 0 Å². The first-order valence-electron chi connectivity index (χ1n) is 9.57. The van der Waals surface area contributed by atoms with Crippen molar-refractivity contribution in [3.63, 3.8) is 0 Å². The van der Waals surface area contributed by atoms with Gasteiger partial charge in [0.15, 0.2) is 0 Å². The van der Waals surface area contributed by atoms with Gasteiger partial charge in [-0.3, -0.25) is 9.35 Å². The lowest BCUT2D eigenvalue weighted by atomic mass is 10.0. The predicted molar refractivity (Wildman–Crippen MR) is 102 cm³/mol. The number of likely N-dealkylation sites (tertiary alicyclic amines) is 1. The standard InChI is InChI=1S/C17H26N4O8S/c1-17(2,3)28-16(24)19-8-6-11(7-9-19)18-14(22)13-5-4-12-10-20(13)15(23)21(12)29-30(25,26)27/h4-5,11-13H,6-10H2,1-3H3,(H,18,22)(H,25,26,27)/t12-,13-/m0/s1. The van der Waals surface area contributed by atoms with Gasteiger partial charge in [-0.1, -0.05) is 12.2 Å². The lowest BCUT2D eigenvalue weighted by Gasteiger charge is -2.34. The Morgan fingerprint density at radius 2 is 1.83 bits per heavy atom. The zero-order valence-electron chi connectivity index (χ0n) is 17.0. The van der Waals surface area contributed by atoms with Crippen LogP contribution in [0.2, 0.25) is 0 Å². The summed E-state index contributed by atoms with van der Waals surface area (Å²) in [5, 5.41) is 3.40. The highest BCUT2D eigenvalue weighted by Crippen LogP contribution is 2.26. The molecule has 30 heavy (non-hydrogen) atoms. The summed E-state index contributed by atoms with van der Waals surface area (Å²) in [6.45, 7) is 6.30. The molecule has 0 aromatic heterocycles. The molecule has 168 valence electrons. The number of carbonyl (C=O) groups excluding carboxylic acids is 3. The number of ether oxygens (including phenoxy) is 1. The molecule has 0 unspecified atom stereocenters. The molecule has 3 aliphatic rings. The number of nitrogens with one attached hydrogen (secondary N) is 1. The lowest BCUT2D eigenvalue weighted by molar-refractivity contribution is -0.125. The van der Waals surface area contributed by atoms with Gasteiger partial charge < -0.3 is 19.9 Å². The van der Waals surface area contributed by atoms with Crippen molar-refractivity contribution >= 4 is 28.4 Å². The van der Waals surface area contributed by atoms with E-state index in [0.717, 1.165) is 0 Å². The first-order valence-corrected chi connectivity index (χ1v) is 10.9. The fourth-order valence-electron chi connectivity index (χ4n) is 3.57. The van der Waals surface area contributed by atoms with Gasteiger partial charge in [-0.25, -0.2) is 9.59 Å². The molecule has 2 fully saturated rings. The summed E-state index contributed by atoms with van der Waals surface area (Å²) in [7, 11) is -4.86. The number of hydroxylamine groups is 2. The van der Waals surface area contributed by atoms with Crippen LogP contribution in [0.5, 0.6) is 0 Å². The van der Waals surface area contributed by atoms with Crippen LogP contribution in [0.15, 0.2) is 12.2 Å². The van der Waals surface area contributed by atoms with E-state index in [1.54, 1.807) is 25.7 Å². The van der Waals surface area contributed by atoms with Gasteiger partial charge in [0.05, 0.1) is 12.6 Å². The number of fused-ring (bicyclic) bond motifs is 2. The largest absolute Gasteiger partial charge is 0.444 e. The number of nitrogens with zero attached hydrogens (tertiary/aromatic N) is 3. The van der Waals surface area contributed by atoms with Gasteiger partial charge in [0.1, 0.15) is 11.6 Å². The fourth-order valence-corrected chi connectivity index (χ4v) is 3.95. The minimum Gasteiger partial charge on any atom is -0.444 e. The van der Waals surface area contributed by atoms with Crippen LogP contribution in [0, 0.1) is 0 Å².